The lowest BCUT2D eigenvalue weighted by Gasteiger charge is -2.15. The summed E-state index contributed by atoms with van der Waals surface area (Å²) in [6.07, 6.45) is 8.24. The van der Waals surface area contributed by atoms with Crippen LogP contribution < -0.4 is 10.6 Å². The number of pyridine rings is 1. The second-order valence-corrected chi connectivity index (χ2v) is 8.22. The number of nitrogens with zero attached hydrogens (tertiary/aromatic N) is 5. The number of guanidine groups is 1. The molecule has 4 rings (SSSR count). The van der Waals surface area contributed by atoms with Gasteiger partial charge >= 0.3 is 0 Å². The predicted molar refractivity (Wildman–Crippen MR) is 129 cm³/mol. The van der Waals surface area contributed by atoms with Gasteiger partial charge in [0.25, 0.3) is 0 Å². The summed E-state index contributed by atoms with van der Waals surface area (Å²) in [4.78, 5) is 16.1. The molecule has 1 aliphatic rings. The molecule has 3 heterocycles. The van der Waals surface area contributed by atoms with Crippen molar-refractivity contribution in [1.29, 1.82) is 0 Å². The highest BCUT2D eigenvalue weighted by molar-refractivity contribution is 5.79. The predicted octanol–water partition coefficient (Wildman–Crippen LogP) is 3.43. The van der Waals surface area contributed by atoms with E-state index in [-0.39, 0.29) is 0 Å². The van der Waals surface area contributed by atoms with Crippen LogP contribution in [0.25, 0.3) is 5.82 Å². The molecule has 0 amide bonds. The van der Waals surface area contributed by atoms with E-state index in [1.165, 1.54) is 37.1 Å². The van der Waals surface area contributed by atoms with Gasteiger partial charge in [0.05, 0.1) is 6.54 Å². The second-order valence-electron chi connectivity index (χ2n) is 8.22. The van der Waals surface area contributed by atoms with E-state index in [4.69, 9.17) is 4.99 Å². The lowest BCUT2D eigenvalue weighted by molar-refractivity contribution is 0.331. The van der Waals surface area contributed by atoms with Gasteiger partial charge in [-0.3, -0.25) is 9.47 Å². The maximum Gasteiger partial charge on any atom is 0.191 e. The van der Waals surface area contributed by atoms with E-state index in [2.05, 4.69) is 62.8 Å². The quantitative estimate of drug-likeness (QED) is 0.422. The van der Waals surface area contributed by atoms with Crippen molar-refractivity contribution in [3.05, 3.63) is 77.5 Å². The van der Waals surface area contributed by atoms with E-state index < -0.39 is 0 Å². The summed E-state index contributed by atoms with van der Waals surface area (Å²) in [6.45, 7) is 9.69. The van der Waals surface area contributed by atoms with E-state index in [9.17, 15) is 0 Å². The van der Waals surface area contributed by atoms with Gasteiger partial charge in [0.1, 0.15) is 11.6 Å². The van der Waals surface area contributed by atoms with Crippen molar-refractivity contribution in [2.45, 2.75) is 46.3 Å². The highest BCUT2D eigenvalue weighted by Crippen LogP contribution is 2.13. The van der Waals surface area contributed by atoms with Crippen LogP contribution in [0.1, 0.15) is 42.3 Å². The Kier molecular flexibility index (Phi) is 7.51. The van der Waals surface area contributed by atoms with Crippen molar-refractivity contribution in [2.24, 2.45) is 4.99 Å². The third-order valence-electron chi connectivity index (χ3n) is 5.73. The summed E-state index contributed by atoms with van der Waals surface area (Å²) in [5.41, 5.74) is 3.70. The van der Waals surface area contributed by atoms with Crippen LogP contribution >= 0.6 is 0 Å². The lowest BCUT2D eigenvalue weighted by Crippen LogP contribution is -2.36. The first-order valence-corrected chi connectivity index (χ1v) is 11.5. The molecule has 0 bridgehead atoms. The Morgan fingerprint density at radius 2 is 1.72 bits per heavy atom. The molecule has 3 aromatic rings. The van der Waals surface area contributed by atoms with Crippen molar-refractivity contribution >= 4 is 5.96 Å². The SMILES string of the molecule is CCNC(=NCc1ccc(-n2ccnc2C)nc1)NCc1ccc(CN2CCCC2)cc1. The molecular weight excluding hydrogens is 398 g/mol. The molecule has 0 spiro atoms. The fourth-order valence-corrected chi connectivity index (χ4v) is 3.93. The monoisotopic (exact) mass is 431 g/mol. The van der Waals surface area contributed by atoms with Crippen LogP contribution in [0.3, 0.4) is 0 Å². The summed E-state index contributed by atoms with van der Waals surface area (Å²) in [6, 6.07) is 13.0. The van der Waals surface area contributed by atoms with Crippen LogP contribution in [0, 0.1) is 6.92 Å². The van der Waals surface area contributed by atoms with Crippen molar-refractivity contribution in [3.63, 3.8) is 0 Å². The number of nitrogens with one attached hydrogen (secondary N) is 2. The van der Waals surface area contributed by atoms with Gasteiger partial charge in [0, 0.05) is 38.2 Å². The number of aliphatic imine (C=N–C) groups is 1. The molecule has 1 saturated heterocycles. The van der Waals surface area contributed by atoms with Crippen molar-refractivity contribution in [3.8, 4) is 5.82 Å². The molecule has 0 unspecified atom stereocenters. The van der Waals surface area contributed by atoms with E-state index in [1.54, 1.807) is 6.20 Å². The molecule has 1 fully saturated rings. The molecule has 32 heavy (non-hydrogen) atoms. The molecule has 7 heteroatoms. The van der Waals surface area contributed by atoms with Crippen molar-refractivity contribution < 1.29 is 0 Å². The van der Waals surface area contributed by atoms with Gasteiger partial charge < -0.3 is 10.6 Å². The molecule has 0 radical (unpaired) electrons. The molecule has 7 nitrogen and oxygen atoms in total. The fourth-order valence-electron chi connectivity index (χ4n) is 3.93. The molecule has 1 aliphatic heterocycles. The zero-order valence-electron chi connectivity index (χ0n) is 19.1. The van der Waals surface area contributed by atoms with Crippen LogP contribution in [0.5, 0.6) is 0 Å². The topological polar surface area (TPSA) is 70.4 Å². The van der Waals surface area contributed by atoms with Crippen molar-refractivity contribution in [1.82, 2.24) is 30.1 Å². The Bertz CT molecular complexity index is 1000. The molecule has 0 saturated carbocycles. The smallest absolute Gasteiger partial charge is 0.191 e. The summed E-state index contributed by atoms with van der Waals surface area (Å²) in [5.74, 6) is 2.60. The Labute approximate surface area is 190 Å². The maximum absolute atomic E-state index is 4.72. The molecule has 2 aromatic heterocycles. The van der Waals surface area contributed by atoms with E-state index >= 15 is 0 Å². The minimum atomic E-state index is 0.570. The molecule has 2 N–H and O–H groups in total. The first-order valence-electron chi connectivity index (χ1n) is 11.5. The number of hydrogen-bond acceptors (Lipinski definition) is 4. The molecule has 0 atom stereocenters. The normalized spacial score (nSPS) is 14.6. The average Bonchev–Trinajstić information content (AvgIpc) is 3.49. The molecule has 168 valence electrons. The van der Waals surface area contributed by atoms with Crippen LogP contribution in [-0.4, -0.2) is 45.0 Å². The number of aromatic nitrogens is 3. The maximum atomic E-state index is 4.72. The average molecular weight is 432 g/mol. The second kappa shape index (κ2) is 10.9. The standard InChI is InChI=1S/C25H33N7/c1-3-26-25(29-16-21-6-8-22(9-7-21)19-31-13-4-5-14-31)30-18-23-10-11-24(28-17-23)32-15-12-27-20(32)2/h6-12,15,17H,3-5,13-14,16,18-19H2,1-2H3,(H2,26,29,30). The number of hydrogen-bond donors (Lipinski definition) is 2. The largest absolute Gasteiger partial charge is 0.357 e. The zero-order chi connectivity index (χ0) is 22.2. The number of rotatable bonds is 8. The van der Waals surface area contributed by atoms with Gasteiger partial charge in [-0.25, -0.2) is 15.0 Å². The van der Waals surface area contributed by atoms with Crippen LogP contribution in [-0.2, 0) is 19.6 Å². The first kappa shape index (κ1) is 22.0. The molecule has 1 aromatic carbocycles. The van der Waals surface area contributed by atoms with Crippen LogP contribution in [0.15, 0.2) is 60.0 Å². The van der Waals surface area contributed by atoms with Crippen LogP contribution in [0.2, 0.25) is 0 Å². The van der Waals surface area contributed by atoms with E-state index in [0.29, 0.717) is 6.54 Å². The van der Waals surface area contributed by atoms with Crippen LogP contribution in [0.4, 0.5) is 0 Å². The summed E-state index contributed by atoms with van der Waals surface area (Å²) >= 11 is 0. The van der Waals surface area contributed by atoms with Gasteiger partial charge in [0.15, 0.2) is 5.96 Å². The Balaban J connectivity index is 1.31. The van der Waals surface area contributed by atoms with Gasteiger partial charge in [0.2, 0.25) is 0 Å². The minimum absolute atomic E-state index is 0.570. The van der Waals surface area contributed by atoms with Gasteiger partial charge in [-0.05, 0) is 62.5 Å². The fraction of sp³-hybridized carbons (Fsp3) is 0.400. The Hall–Kier alpha value is -3.19. The summed E-state index contributed by atoms with van der Waals surface area (Å²) in [5, 5.41) is 6.76. The molecule has 0 aliphatic carbocycles. The van der Waals surface area contributed by atoms with Gasteiger partial charge in [-0.1, -0.05) is 30.3 Å². The summed E-state index contributed by atoms with van der Waals surface area (Å²) in [7, 11) is 0. The number of likely N-dealkylation sites (tertiary alicyclic amines) is 1. The Morgan fingerprint density at radius 3 is 2.38 bits per heavy atom. The number of aryl methyl sites for hydroxylation is 1. The van der Waals surface area contributed by atoms with E-state index in [0.717, 1.165) is 42.8 Å². The third-order valence-corrected chi connectivity index (χ3v) is 5.73. The molecular formula is C25H33N7. The highest BCUT2D eigenvalue weighted by atomic mass is 15.2. The number of benzene rings is 1. The van der Waals surface area contributed by atoms with E-state index in [1.807, 2.05) is 30.0 Å². The van der Waals surface area contributed by atoms with Gasteiger partial charge in [-0.2, -0.15) is 0 Å². The van der Waals surface area contributed by atoms with Gasteiger partial charge in [-0.15, -0.1) is 0 Å². The lowest BCUT2D eigenvalue weighted by atomic mass is 10.1. The minimum Gasteiger partial charge on any atom is -0.357 e. The third kappa shape index (κ3) is 5.95. The Morgan fingerprint density at radius 1 is 0.969 bits per heavy atom. The summed E-state index contributed by atoms with van der Waals surface area (Å²) < 4.78 is 1.97. The highest BCUT2D eigenvalue weighted by Gasteiger charge is 2.11. The first-order chi connectivity index (χ1) is 15.7. The zero-order valence-corrected chi connectivity index (χ0v) is 19.1. The van der Waals surface area contributed by atoms with Crippen molar-refractivity contribution in [2.75, 3.05) is 19.6 Å². The number of imidazole rings is 1.